The first-order valence-electron chi connectivity index (χ1n) is 5.29. The number of imidazole rings is 1. The molecule has 0 aromatic carbocycles. The van der Waals surface area contributed by atoms with Crippen molar-refractivity contribution in [1.82, 2.24) is 9.55 Å². The zero-order chi connectivity index (χ0) is 12.5. The van der Waals surface area contributed by atoms with E-state index in [0.717, 1.165) is 0 Å². The van der Waals surface area contributed by atoms with Gasteiger partial charge in [-0.05, 0) is 27.7 Å². The molecule has 1 aromatic heterocycles. The monoisotopic (exact) mass is 245 g/mol. The fourth-order valence-corrected chi connectivity index (χ4v) is 2.45. The third-order valence-corrected chi connectivity index (χ3v) is 4.62. The molecular weight excluding hydrogens is 226 g/mol. The van der Waals surface area contributed by atoms with Crippen LogP contribution in [0.2, 0.25) is 0 Å². The number of rotatable bonds is 4. The standard InChI is InChI=1S/C10H19N3O2S/c1-7(2)13-9(5-12-10(13)11)6-16(14,15)8(3)4/h5,7-8H,6H2,1-4H3,(H2,11,12). The first-order chi connectivity index (χ1) is 7.25. The van der Waals surface area contributed by atoms with Crippen molar-refractivity contribution >= 4 is 15.8 Å². The van der Waals surface area contributed by atoms with E-state index in [4.69, 9.17) is 5.73 Å². The maximum atomic E-state index is 11.8. The number of nitrogens with zero attached hydrogens (tertiary/aromatic N) is 2. The Balaban J connectivity index is 3.08. The third kappa shape index (κ3) is 2.55. The van der Waals surface area contributed by atoms with E-state index in [0.29, 0.717) is 11.6 Å². The molecule has 0 saturated carbocycles. The van der Waals surface area contributed by atoms with E-state index in [-0.39, 0.29) is 17.0 Å². The zero-order valence-corrected chi connectivity index (χ0v) is 11.0. The molecule has 6 heteroatoms. The summed E-state index contributed by atoms with van der Waals surface area (Å²) in [5.41, 5.74) is 6.35. The van der Waals surface area contributed by atoms with E-state index >= 15 is 0 Å². The predicted octanol–water partition coefficient (Wildman–Crippen LogP) is 1.37. The van der Waals surface area contributed by atoms with Crippen molar-refractivity contribution in [2.24, 2.45) is 0 Å². The Kier molecular flexibility index (Phi) is 3.62. The molecule has 16 heavy (non-hydrogen) atoms. The van der Waals surface area contributed by atoms with Crippen molar-refractivity contribution in [3.05, 3.63) is 11.9 Å². The van der Waals surface area contributed by atoms with Crippen molar-refractivity contribution in [2.45, 2.75) is 44.7 Å². The van der Waals surface area contributed by atoms with Crippen LogP contribution >= 0.6 is 0 Å². The van der Waals surface area contributed by atoms with Gasteiger partial charge in [-0.15, -0.1) is 0 Å². The van der Waals surface area contributed by atoms with Gasteiger partial charge in [0.2, 0.25) is 5.95 Å². The summed E-state index contributed by atoms with van der Waals surface area (Å²) in [4.78, 5) is 3.96. The lowest BCUT2D eigenvalue weighted by atomic mass is 10.3. The minimum Gasteiger partial charge on any atom is -0.369 e. The molecule has 1 aromatic rings. The van der Waals surface area contributed by atoms with Gasteiger partial charge in [-0.25, -0.2) is 13.4 Å². The van der Waals surface area contributed by atoms with E-state index in [1.54, 1.807) is 18.4 Å². The van der Waals surface area contributed by atoms with Crippen molar-refractivity contribution < 1.29 is 8.42 Å². The summed E-state index contributed by atoms with van der Waals surface area (Å²) in [5.74, 6) is 0.358. The number of nitrogens with two attached hydrogens (primary N) is 1. The fourth-order valence-electron chi connectivity index (χ4n) is 1.49. The molecule has 0 fully saturated rings. The van der Waals surface area contributed by atoms with Crippen molar-refractivity contribution in [2.75, 3.05) is 5.73 Å². The normalized spacial score (nSPS) is 12.6. The van der Waals surface area contributed by atoms with Crippen LogP contribution < -0.4 is 5.73 Å². The van der Waals surface area contributed by atoms with Crippen LogP contribution in [0.3, 0.4) is 0 Å². The van der Waals surface area contributed by atoms with Crippen molar-refractivity contribution in [3.8, 4) is 0 Å². The van der Waals surface area contributed by atoms with Gasteiger partial charge >= 0.3 is 0 Å². The molecule has 1 rings (SSSR count). The summed E-state index contributed by atoms with van der Waals surface area (Å²) >= 11 is 0. The Morgan fingerprint density at radius 1 is 1.38 bits per heavy atom. The van der Waals surface area contributed by atoms with Crippen molar-refractivity contribution in [1.29, 1.82) is 0 Å². The summed E-state index contributed by atoms with van der Waals surface area (Å²) < 4.78 is 25.4. The number of hydrogen-bond donors (Lipinski definition) is 1. The van der Waals surface area contributed by atoms with Crippen LogP contribution in [0.25, 0.3) is 0 Å². The Labute approximate surface area is 96.6 Å². The van der Waals surface area contributed by atoms with E-state index in [1.807, 2.05) is 13.8 Å². The van der Waals surface area contributed by atoms with E-state index in [1.165, 1.54) is 6.20 Å². The van der Waals surface area contributed by atoms with Crippen LogP contribution in [0.5, 0.6) is 0 Å². The SMILES string of the molecule is CC(C)n1c(CS(=O)(=O)C(C)C)cnc1N. The Bertz CT molecular complexity index is 460. The van der Waals surface area contributed by atoms with Gasteiger partial charge in [-0.2, -0.15) is 0 Å². The lowest BCUT2D eigenvalue weighted by Crippen LogP contribution is -2.19. The van der Waals surface area contributed by atoms with Gasteiger partial charge in [0.25, 0.3) is 0 Å². The lowest BCUT2D eigenvalue weighted by Gasteiger charge is -2.14. The maximum absolute atomic E-state index is 11.8. The van der Waals surface area contributed by atoms with Gasteiger partial charge in [0.1, 0.15) is 0 Å². The summed E-state index contributed by atoms with van der Waals surface area (Å²) in [6, 6.07) is 0.111. The molecule has 0 aliphatic rings. The Morgan fingerprint density at radius 3 is 2.38 bits per heavy atom. The average Bonchev–Trinajstić information content (AvgIpc) is 2.45. The van der Waals surface area contributed by atoms with Gasteiger partial charge in [0, 0.05) is 6.04 Å². The molecule has 1 heterocycles. The lowest BCUT2D eigenvalue weighted by molar-refractivity contribution is 0.570. The molecular formula is C10H19N3O2S. The summed E-state index contributed by atoms with van der Waals surface area (Å²) in [6.45, 7) is 7.25. The second-order valence-corrected chi connectivity index (χ2v) is 6.98. The largest absolute Gasteiger partial charge is 0.369 e. The third-order valence-electron chi connectivity index (χ3n) is 2.49. The first-order valence-corrected chi connectivity index (χ1v) is 7.00. The van der Waals surface area contributed by atoms with Gasteiger partial charge in [-0.1, -0.05) is 0 Å². The fraction of sp³-hybridized carbons (Fsp3) is 0.700. The number of hydrogen-bond acceptors (Lipinski definition) is 4. The predicted molar refractivity (Wildman–Crippen MR) is 64.8 cm³/mol. The van der Waals surface area contributed by atoms with Crippen LogP contribution in [-0.2, 0) is 15.6 Å². The van der Waals surface area contributed by atoms with Crippen molar-refractivity contribution in [3.63, 3.8) is 0 Å². The van der Waals surface area contributed by atoms with Crippen LogP contribution in [-0.4, -0.2) is 23.2 Å². The molecule has 0 bridgehead atoms. The van der Waals surface area contributed by atoms with E-state index < -0.39 is 9.84 Å². The van der Waals surface area contributed by atoms with Crippen LogP contribution in [0.1, 0.15) is 39.4 Å². The molecule has 0 unspecified atom stereocenters. The molecule has 5 nitrogen and oxygen atoms in total. The number of nitrogen functional groups attached to an aromatic ring is 1. The van der Waals surface area contributed by atoms with Crippen LogP contribution in [0.4, 0.5) is 5.95 Å². The summed E-state index contributed by atoms with van der Waals surface area (Å²) in [6.07, 6.45) is 1.54. The molecule has 0 aliphatic carbocycles. The minimum absolute atomic E-state index is 0.00690. The van der Waals surface area contributed by atoms with Gasteiger partial charge in [0.05, 0.1) is 22.9 Å². The number of anilines is 1. The highest BCUT2D eigenvalue weighted by Gasteiger charge is 2.21. The highest BCUT2D eigenvalue weighted by molar-refractivity contribution is 7.91. The molecule has 2 N–H and O–H groups in total. The summed E-state index contributed by atoms with van der Waals surface area (Å²) in [7, 11) is -3.11. The van der Waals surface area contributed by atoms with Gasteiger partial charge < -0.3 is 10.3 Å². The molecule has 0 radical (unpaired) electrons. The molecule has 0 amide bonds. The van der Waals surface area contributed by atoms with Crippen LogP contribution in [0.15, 0.2) is 6.20 Å². The molecule has 0 saturated heterocycles. The molecule has 0 aliphatic heterocycles. The maximum Gasteiger partial charge on any atom is 0.200 e. The minimum atomic E-state index is -3.11. The highest BCUT2D eigenvalue weighted by atomic mass is 32.2. The number of sulfone groups is 1. The topological polar surface area (TPSA) is 78.0 Å². The van der Waals surface area contributed by atoms with Crippen LogP contribution in [0, 0.1) is 0 Å². The second kappa shape index (κ2) is 4.45. The van der Waals surface area contributed by atoms with E-state index in [9.17, 15) is 8.42 Å². The van der Waals surface area contributed by atoms with E-state index in [2.05, 4.69) is 4.98 Å². The Morgan fingerprint density at radius 2 is 1.94 bits per heavy atom. The van der Waals surface area contributed by atoms with Gasteiger partial charge in [0.15, 0.2) is 9.84 Å². The molecule has 92 valence electrons. The molecule has 0 atom stereocenters. The van der Waals surface area contributed by atoms with Gasteiger partial charge in [-0.3, -0.25) is 0 Å². The quantitative estimate of drug-likeness (QED) is 0.869. The smallest absolute Gasteiger partial charge is 0.200 e. The first kappa shape index (κ1) is 13.0. The molecule has 0 spiro atoms. The second-order valence-electron chi connectivity index (χ2n) is 4.43. The summed E-state index contributed by atoms with van der Waals surface area (Å²) in [5, 5.41) is -0.385. The number of aromatic nitrogens is 2. The Hall–Kier alpha value is -1.04. The average molecular weight is 245 g/mol. The zero-order valence-electron chi connectivity index (χ0n) is 10.1. The highest BCUT2D eigenvalue weighted by Crippen LogP contribution is 2.18.